The third-order valence-corrected chi connectivity index (χ3v) is 6.94. The molecule has 2 aliphatic heterocycles. The summed E-state index contributed by atoms with van der Waals surface area (Å²) in [7, 11) is 0. The molecule has 1 aromatic heterocycles. The van der Waals surface area contributed by atoms with Crippen LogP contribution in [0.1, 0.15) is 44.0 Å². The van der Waals surface area contributed by atoms with Crippen LogP contribution in [0.25, 0.3) is 0 Å². The number of aromatic nitrogens is 2. The molecule has 0 N–H and O–H groups in total. The van der Waals surface area contributed by atoms with Crippen LogP contribution < -0.4 is 4.90 Å². The topological polar surface area (TPSA) is 75.6 Å². The smallest absolute Gasteiger partial charge is 0.310 e. The predicted octanol–water partition coefficient (Wildman–Crippen LogP) is 3.15. The number of esters is 1. The summed E-state index contributed by atoms with van der Waals surface area (Å²) in [5.74, 6) is 0.715. The first kappa shape index (κ1) is 21.7. The maximum absolute atomic E-state index is 13.1. The highest BCUT2D eigenvalue weighted by Crippen LogP contribution is 2.28. The monoisotopic (exact) mass is 442 g/mol. The number of carbonyl (C=O) groups excluding carboxylic acids is 2. The summed E-state index contributed by atoms with van der Waals surface area (Å²) in [6.45, 7) is 5.07. The van der Waals surface area contributed by atoms with Gasteiger partial charge in [0.1, 0.15) is 5.82 Å². The number of hydrogen-bond acceptors (Lipinski definition) is 7. The minimum absolute atomic E-state index is 0.0221. The van der Waals surface area contributed by atoms with Crippen molar-refractivity contribution >= 4 is 28.5 Å². The molecule has 1 atom stereocenters. The minimum atomic E-state index is -0.179. The summed E-state index contributed by atoms with van der Waals surface area (Å²) < 4.78 is 9.69. The number of anilines is 1. The van der Waals surface area contributed by atoms with Gasteiger partial charge in [-0.3, -0.25) is 9.59 Å². The number of nitrogens with zero attached hydrogens (tertiary/aromatic N) is 4. The average molecular weight is 443 g/mol. The molecule has 0 saturated carbocycles. The molecule has 4 rings (SSSR count). The van der Waals surface area contributed by atoms with Crippen LogP contribution in [-0.2, 0) is 20.7 Å². The molecule has 0 bridgehead atoms. The fourth-order valence-electron chi connectivity index (χ4n) is 4.43. The molecule has 2 aromatic rings. The van der Waals surface area contributed by atoms with Crippen molar-refractivity contribution in [3.05, 3.63) is 41.7 Å². The second-order valence-electron chi connectivity index (χ2n) is 8.29. The molecule has 3 heterocycles. The zero-order valence-electron chi connectivity index (χ0n) is 18.0. The van der Waals surface area contributed by atoms with Gasteiger partial charge in [0, 0.05) is 50.1 Å². The van der Waals surface area contributed by atoms with E-state index in [0.29, 0.717) is 13.2 Å². The van der Waals surface area contributed by atoms with Gasteiger partial charge in [-0.2, -0.15) is 4.37 Å². The van der Waals surface area contributed by atoms with Crippen molar-refractivity contribution in [1.82, 2.24) is 14.3 Å². The van der Waals surface area contributed by atoms with Gasteiger partial charge in [-0.05, 0) is 38.2 Å². The first-order valence-corrected chi connectivity index (χ1v) is 12.0. The lowest BCUT2D eigenvalue weighted by Crippen LogP contribution is -2.47. The number of amides is 1. The van der Waals surface area contributed by atoms with E-state index < -0.39 is 0 Å². The van der Waals surface area contributed by atoms with Crippen LogP contribution in [0.2, 0.25) is 0 Å². The molecule has 2 saturated heterocycles. The lowest BCUT2D eigenvalue weighted by Gasteiger charge is -2.37. The van der Waals surface area contributed by atoms with Crippen molar-refractivity contribution in [1.29, 1.82) is 0 Å². The Bertz CT molecular complexity index is 880. The molecule has 2 aliphatic rings. The predicted molar refractivity (Wildman–Crippen MR) is 120 cm³/mol. The number of likely N-dealkylation sites (tertiary alicyclic amines) is 1. The zero-order chi connectivity index (χ0) is 21.6. The molecular weight excluding hydrogens is 412 g/mol. The van der Waals surface area contributed by atoms with Gasteiger partial charge in [0.05, 0.1) is 12.5 Å². The lowest BCUT2D eigenvalue weighted by atomic mass is 9.92. The molecule has 31 heavy (non-hydrogen) atoms. The van der Waals surface area contributed by atoms with E-state index in [1.807, 2.05) is 30.0 Å². The standard InChI is InChI=1S/C23H30N4O3S/c1-2-30-22(29)19-9-6-12-27(16-19)21(28)18-10-13-26(14-11-18)23-24-20(25-31-23)15-17-7-4-3-5-8-17/h3-5,7-8,18-19H,2,6,9-16H2,1H3. The van der Waals surface area contributed by atoms with Crippen molar-refractivity contribution in [3.63, 3.8) is 0 Å². The highest BCUT2D eigenvalue weighted by atomic mass is 32.1. The Kier molecular flexibility index (Phi) is 7.17. The summed E-state index contributed by atoms with van der Waals surface area (Å²) in [5.41, 5.74) is 1.21. The van der Waals surface area contributed by atoms with Gasteiger partial charge in [0.15, 0.2) is 0 Å². The third kappa shape index (κ3) is 5.42. The van der Waals surface area contributed by atoms with Crippen LogP contribution in [0, 0.1) is 11.8 Å². The van der Waals surface area contributed by atoms with E-state index >= 15 is 0 Å². The van der Waals surface area contributed by atoms with Crippen LogP contribution in [0.15, 0.2) is 30.3 Å². The molecule has 1 aromatic carbocycles. The molecular formula is C23H30N4O3S. The quantitative estimate of drug-likeness (QED) is 0.640. The van der Waals surface area contributed by atoms with Crippen molar-refractivity contribution in [2.75, 3.05) is 37.7 Å². The maximum Gasteiger partial charge on any atom is 0.310 e. The molecule has 1 amide bonds. The van der Waals surface area contributed by atoms with Crippen molar-refractivity contribution in [3.8, 4) is 0 Å². The number of carbonyl (C=O) groups is 2. The second-order valence-corrected chi connectivity index (χ2v) is 9.02. The third-order valence-electron chi connectivity index (χ3n) is 6.13. The van der Waals surface area contributed by atoms with E-state index in [4.69, 9.17) is 9.72 Å². The van der Waals surface area contributed by atoms with Gasteiger partial charge in [0.25, 0.3) is 0 Å². The van der Waals surface area contributed by atoms with Crippen LogP contribution in [0.4, 0.5) is 5.13 Å². The van der Waals surface area contributed by atoms with Crippen LogP contribution >= 0.6 is 11.5 Å². The summed E-state index contributed by atoms with van der Waals surface area (Å²) in [5, 5.41) is 0.942. The largest absolute Gasteiger partial charge is 0.466 e. The molecule has 2 fully saturated rings. The van der Waals surface area contributed by atoms with Gasteiger partial charge in [-0.1, -0.05) is 30.3 Å². The highest BCUT2D eigenvalue weighted by molar-refractivity contribution is 7.09. The first-order chi connectivity index (χ1) is 15.1. The second kappa shape index (κ2) is 10.2. The van der Waals surface area contributed by atoms with Crippen LogP contribution in [-0.4, -0.2) is 58.9 Å². The molecule has 0 aliphatic carbocycles. The van der Waals surface area contributed by atoms with E-state index in [0.717, 1.165) is 62.7 Å². The zero-order valence-corrected chi connectivity index (χ0v) is 18.9. The Morgan fingerprint density at radius 1 is 1.10 bits per heavy atom. The van der Waals surface area contributed by atoms with Crippen molar-refractivity contribution in [2.45, 2.75) is 39.0 Å². The lowest BCUT2D eigenvalue weighted by molar-refractivity contribution is -0.152. The minimum Gasteiger partial charge on any atom is -0.466 e. The van der Waals surface area contributed by atoms with E-state index in [9.17, 15) is 9.59 Å². The first-order valence-electron chi connectivity index (χ1n) is 11.2. The van der Waals surface area contributed by atoms with Gasteiger partial charge < -0.3 is 14.5 Å². The summed E-state index contributed by atoms with van der Waals surface area (Å²) in [6.07, 6.45) is 4.04. The fraction of sp³-hybridized carbons (Fsp3) is 0.565. The number of benzene rings is 1. The van der Waals surface area contributed by atoms with Gasteiger partial charge in [-0.15, -0.1) is 0 Å². The number of rotatable bonds is 6. The van der Waals surface area contributed by atoms with E-state index in [1.54, 1.807) is 0 Å². The Morgan fingerprint density at radius 2 is 1.87 bits per heavy atom. The van der Waals surface area contributed by atoms with Crippen LogP contribution in [0.3, 0.4) is 0 Å². The Morgan fingerprint density at radius 3 is 2.61 bits per heavy atom. The van der Waals surface area contributed by atoms with Crippen molar-refractivity contribution < 1.29 is 14.3 Å². The summed E-state index contributed by atoms with van der Waals surface area (Å²) in [4.78, 5) is 34.0. The van der Waals surface area contributed by atoms with Crippen LogP contribution in [0.5, 0.6) is 0 Å². The van der Waals surface area contributed by atoms with Gasteiger partial charge in [-0.25, -0.2) is 4.98 Å². The SMILES string of the molecule is CCOC(=O)C1CCCN(C(=O)C2CCN(c3nc(Cc4ccccc4)ns3)CC2)C1. The molecule has 0 spiro atoms. The van der Waals surface area contributed by atoms with E-state index in [-0.39, 0.29) is 23.7 Å². The average Bonchev–Trinajstić information content (AvgIpc) is 3.28. The van der Waals surface area contributed by atoms with Gasteiger partial charge >= 0.3 is 5.97 Å². The molecule has 1 unspecified atom stereocenters. The molecule has 0 radical (unpaired) electrons. The Labute approximate surface area is 187 Å². The van der Waals surface area contributed by atoms with E-state index in [1.165, 1.54) is 17.1 Å². The number of ether oxygens (including phenoxy) is 1. The molecule has 166 valence electrons. The fourth-order valence-corrected chi connectivity index (χ4v) is 5.17. The molecule has 8 heteroatoms. The Hall–Kier alpha value is -2.48. The maximum atomic E-state index is 13.1. The summed E-state index contributed by atoms with van der Waals surface area (Å²) in [6, 6.07) is 10.2. The molecule has 7 nitrogen and oxygen atoms in total. The van der Waals surface area contributed by atoms with E-state index in [2.05, 4.69) is 21.4 Å². The van der Waals surface area contributed by atoms with Crippen molar-refractivity contribution in [2.24, 2.45) is 11.8 Å². The Balaban J connectivity index is 1.28. The van der Waals surface area contributed by atoms with Gasteiger partial charge in [0.2, 0.25) is 11.0 Å². The number of piperidine rings is 2. The number of hydrogen-bond donors (Lipinski definition) is 0. The summed E-state index contributed by atoms with van der Waals surface area (Å²) >= 11 is 1.44. The normalized spacial score (nSPS) is 20.0. The highest BCUT2D eigenvalue weighted by Gasteiger charge is 2.34.